The number of H-pyrrole nitrogens is 1. The minimum atomic E-state index is -0.718. The average Bonchev–Trinajstić information content (AvgIpc) is 3.05. The topological polar surface area (TPSA) is 79.6 Å². The molecule has 2 N–H and O–H groups in total. The number of rotatable bonds is 4. The van der Waals surface area contributed by atoms with Crippen molar-refractivity contribution in [3.63, 3.8) is 0 Å². The van der Waals surface area contributed by atoms with Crippen LogP contribution < -0.4 is 0 Å². The quantitative estimate of drug-likeness (QED) is 0.741. The zero-order chi connectivity index (χ0) is 13.2. The normalized spacial score (nSPS) is 12.9. The number of nitrogens with one attached hydrogen (secondary N) is 1. The first-order valence-corrected chi connectivity index (χ1v) is 6.27. The molecule has 98 valence electrons. The highest BCUT2D eigenvalue weighted by Crippen LogP contribution is 2.20. The summed E-state index contributed by atoms with van der Waals surface area (Å²) in [4.78, 5) is 8.54. The third-order valence-electron chi connectivity index (χ3n) is 3.18. The van der Waals surface area contributed by atoms with Gasteiger partial charge in [0.05, 0.1) is 11.0 Å². The molecule has 0 bridgehead atoms. The van der Waals surface area contributed by atoms with Crippen molar-refractivity contribution >= 4 is 11.0 Å². The van der Waals surface area contributed by atoms with E-state index < -0.39 is 6.10 Å². The van der Waals surface area contributed by atoms with E-state index in [4.69, 9.17) is 0 Å². The average molecular weight is 257 g/mol. The number of hydrogen-bond donors (Lipinski definition) is 2. The van der Waals surface area contributed by atoms with Crippen LogP contribution in [0.1, 0.15) is 24.7 Å². The van der Waals surface area contributed by atoms with Gasteiger partial charge in [-0.3, -0.25) is 5.10 Å². The molecular formula is C13H15N5O. The van der Waals surface area contributed by atoms with Crippen LogP contribution in [0.15, 0.2) is 30.6 Å². The van der Waals surface area contributed by atoms with E-state index in [1.165, 1.54) is 6.33 Å². The molecule has 0 aliphatic heterocycles. The van der Waals surface area contributed by atoms with Gasteiger partial charge in [-0.25, -0.2) is 9.97 Å². The number of aliphatic hydroxyl groups excluding tert-OH is 1. The molecule has 0 fully saturated rings. The van der Waals surface area contributed by atoms with Gasteiger partial charge in [-0.1, -0.05) is 12.1 Å². The fourth-order valence-electron chi connectivity index (χ4n) is 2.28. The maximum absolute atomic E-state index is 10.1. The van der Waals surface area contributed by atoms with E-state index in [-0.39, 0.29) is 0 Å². The molecule has 0 aliphatic carbocycles. The van der Waals surface area contributed by atoms with Crippen LogP contribution in [0, 0.1) is 0 Å². The Balaban J connectivity index is 1.96. The van der Waals surface area contributed by atoms with Crippen LogP contribution in [-0.2, 0) is 13.0 Å². The number of aliphatic hydroxyl groups is 1. The first kappa shape index (κ1) is 11.9. The smallest absolute Gasteiger partial charge is 0.153 e. The van der Waals surface area contributed by atoms with Crippen LogP contribution in [0.25, 0.3) is 11.0 Å². The lowest BCUT2D eigenvalue weighted by Crippen LogP contribution is -2.09. The number of imidazole rings is 1. The van der Waals surface area contributed by atoms with Crippen molar-refractivity contribution in [2.45, 2.75) is 26.0 Å². The van der Waals surface area contributed by atoms with Crippen molar-refractivity contribution < 1.29 is 5.11 Å². The van der Waals surface area contributed by atoms with Gasteiger partial charge >= 0.3 is 0 Å². The van der Waals surface area contributed by atoms with E-state index in [0.717, 1.165) is 23.4 Å². The zero-order valence-corrected chi connectivity index (χ0v) is 10.6. The summed E-state index contributed by atoms with van der Waals surface area (Å²) >= 11 is 0. The highest BCUT2D eigenvalue weighted by atomic mass is 16.3. The van der Waals surface area contributed by atoms with E-state index in [9.17, 15) is 5.11 Å². The van der Waals surface area contributed by atoms with Crippen LogP contribution in [0.3, 0.4) is 0 Å². The highest BCUT2D eigenvalue weighted by Gasteiger charge is 2.16. The number of benzene rings is 1. The fraction of sp³-hybridized carbons (Fsp3) is 0.308. The van der Waals surface area contributed by atoms with Gasteiger partial charge in [0, 0.05) is 13.0 Å². The molecule has 6 nitrogen and oxygen atoms in total. The lowest BCUT2D eigenvalue weighted by molar-refractivity contribution is 0.165. The molecule has 2 heterocycles. The van der Waals surface area contributed by atoms with Crippen molar-refractivity contribution in [1.29, 1.82) is 0 Å². The summed E-state index contributed by atoms with van der Waals surface area (Å²) in [5.74, 6) is 1.32. The third kappa shape index (κ3) is 2.10. The summed E-state index contributed by atoms with van der Waals surface area (Å²) in [5.41, 5.74) is 2.04. The number of nitrogens with zero attached hydrogens (tertiary/aromatic N) is 4. The lowest BCUT2D eigenvalue weighted by atomic mass is 10.2. The Labute approximate surface area is 110 Å². The zero-order valence-electron chi connectivity index (χ0n) is 10.6. The SMILES string of the molecule is CCn1c(CC(O)c2ncn[nH]2)nc2ccccc21. The molecule has 1 unspecified atom stereocenters. The number of aromatic nitrogens is 5. The molecule has 0 saturated carbocycles. The molecule has 0 aliphatic rings. The van der Waals surface area contributed by atoms with E-state index in [1.54, 1.807) is 0 Å². The monoisotopic (exact) mass is 257 g/mol. The Bertz CT molecular complexity index is 673. The predicted molar refractivity (Wildman–Crippen MR) is 70.5 cm³/mol. The molecule has 0 radical (unpaired) electrons. The predicted octanol–water partition coefficient (Wildman–Crippen LogP) is 1.45. The van der Waals surface area contributed by atoms with Crippen molar-refractivity contribution in [2.75, 3.05) is 0 Å². The van der Waals surface area contributed by atoms with Gasteiger partial charge in [-0.05, 0) is 19.1 Å². The van der Waals surface area contributed by atoms with E-state index >= 15 is 0 Å². The lowest BCUT2D eigenvalue weighted by Gasteiger charge is -2.09. The number of para-hydroxylation sites is 2. The summed E-state index contributed by atoms with van der Waals surface area (Å²) in [6, 6.07) is 7.97. The Morgan fingerprint density at radius 2 is 2.21 bits per heavy atom. The molecule has 6 heteroatoms. The molecular weight excluding hydrogens is 242 g/mol. The molecule has 0 saturated heterocycles. The minimum Gasteiger partial charge on any atom is -0.385 e. The van der Waals surface area contributed by atoms with Gasteiger partial charge in [-0.2, -0.15) is 5.10 Å². The van der Waals surface area contributed by atoms with Gasteiger partial charge in [0.1, 0.15) is 18.3 Å². The molecule has 1 atom stereocenters. The Morgan fingerprint density at radius 3 is 2.95 bits per heavy atom. The second-order valence-electron chi connectivity index (χ2n) is 4.35. The Hall–Kier alpha value is -2.21. The second-order valence-corrected chi connectivity index (χ2v) is 4.35. The first-order valence-electron chi connectivity index (χ1n) is 6.27. The molecule has 19 heavy (non-hydrogen) atoms. The number of aryl methyl sites for hydroxylation is 1. The Kier molecular flexibility index (Phi) is 3.00. The van der Waals surface area contributed by atoms with Gasteiger partial charge < -0.3 is 9.67 Å². The van der Waals surface area contributed by atoms with Crippen molar-refractivity contribution in [3.05, 3.63) is 42.2 Å². The molecule has 1 aromatic carbocycles. The summed E-state index contributed by atoms with van der Waals surface area (Å²) in [5, 5.41) is 16.5. The maximum Gasteiger partial charge on any atom is 0.153 e. The first-order chi connectivity index (χ1) is 9.29. The molecule has 3 aromatic rings. The fourth-order valence-corrected chi connectivity index (χ4v) is 2.28. The highest BCUT2D eigenvalue weighted by molar-refractivity contribution is 5.75. The standard InChI is InChI=1S/C13H15N5O/c1-2-18-10-6-4-3-5-9(10)16-12(18)7-11(19)13-14-8-15-17-13/h3-6,8,11,19H,2,7H2,1H3,(H,14,15,17). The van der Waals surface area contributed by atoms with Gasteiger partial charge in [0.15, 0.2) is 5.82 Å². The van der Waals surface area contributed by atoms with Gasteiger partial charge in [0.25, 0.3) is 0 Å². The van der Waals surface area contributed by atoms with Gasteiger partial charge in [-0.15, -0.1) is 0 Å². The number of hydrogen-bond acceptors (Lipinski definition) is 4. The molecule has 0 amide bonds. The number of fused-ring (bicyclic) bond motifs is 1. The van der Waals surface area contributed by atoms with Crippen molar-refractivity contribution in [1.82, 2.24) is 24.7 Å². The van der Waals surface area contributed by atoms with Crippen LogP contribution in [0.2, 0.25) is 0 Å². The van der Waals surface area contributed by atoms with Crippen LogP contribution >= 0.6 is 0 Å². The Morgan fingerprint density at radius 1 is 1.37 bits per heavy atom. The van der Waals surface area contributed by atoms with Crippen molar-refractivity contribution in [3.8, 4) is 0 Å². The van der Waals surface area contributed by atoms with E-state index in [1.807, 2.05) is 24.3 Å². The third-order valence-corrected chi connectivity index (χ3v) is 3.18. The van der Waals surface area contributed by atoms with E-state index in [0.29, 0.717) is 12.2 Å². The number of aromatic amines is 1. The summed E-state index contributed by atoms with van der Waals surface area (Å²) in [6.45, 7) is 2.89. The van der Waals surface area contributed by atoms with Crippen molar-refractivity contribution in [2.24, 2.45) is 0 Å². The van der Waals surface area contributed by atoms with Crippen LogP contribution in [0.5, 0.6) is 0 Å². The van der Waals surface area contributed by atoms with Crippen LogP contribution in [-0.4, -0.2) is 29.8 Å². The maximum atomic E-state index is 10.1. The van der Waals surface area contributed by atoms with Gasteiger partial charge in [0.2, 0.25) is 0 Å². The summed E-state index contributed by atoms with van der Waals surface area (Å²) in [6.07, 6.45) is 1.09. The molecule has 3 rings (SSSR count). The second kappa shape index (κ2) is 4.81. The summed E-state index contributed by atoms with van der Waals surface area (Å²) < 4.78 is 2.11. The largest absolute Gasteiger partial charge is 0.385 e. The van der Waals surface area contributed by atoms with Crippen LogP contribution in [0.4, 0.5) is 0 Å². The minimum absolute atomic E-state index is 0.414. The molecule has 0 spiro atoms. The summed E-state index contributed by atoms with van der Waals surface area (Å²) in [7, 11) is 0. The molecule has 2 aromatic heterocycles. The van der Waals surface area contributed by atoms with E-state index in [2.05, 4.69) is 31.7 Å².